The molecule has 0 atom stereocenters. The van der Waals surface area contributed by atoms with Crippen LogP contribution >= 0.6 is 23.4 Å². The van der Waals surface area contributed by atoms with Gasteiger partial charge in [0.2, 0.25) is 5.89 Å². The average molecular weight is 402 g/mol. The van der Waals surface area contributed by atoms with E-state index in [0.29, 0.717) is 28.5 Å². The predicted octanol–water partition coefficient (Wildman–Crippen LogP) is 3.67. The molecule has 6 nitrogen and oxygen atoms in total. The van der Waals surface area contributed by atoms with Crippen LogP contribution in [0.2, 0.25) is 5.02 Å². The average Bonchev–Trinajstić information content (AvgIpc) is 3.12. The molecule has 0 fully saturated rings. The van der Waals surface area contributed by atoms with Gasteiger partial charge in [0.25, 0.3) is 5.22 Å². The number of hydrogen-bond acceptors (Lipinski definition) is 7. The van der Waals surface area contributed by atoms with Gasteiger partial charge in [0.05, 0.1) is 12.6 Å². The minimum atomic E-state index is -1.33. The molecular weight excluding hydrogens is 388 g/mol. The maximum Gasteiger partial charge on any atom is 0.281 e. The molecular formula is C19H14ClN2O4S-. The van der Waals surface area contributed by atoms with Crippen LogP contribution in [0.15, 0.2) is 63.1 Å². The number of carboxylic acid groups (broad SMARTS) is 1. The SMILES string of the molecule is CCOc1ccc(/C=C(\Sc2nnc(-c3ccc(Cl)cc3)o2)C(=O)[O-])cc1. The number of hydrogen-bond donors (Lipinski definition) is 0. The lowest BCUT2D eigenvalue weighted by molar-refractivity contribution is -0.298. The molecule has 8 heteroatoms. The Morgan fingerprint density at radius 2 is 1.89 bits per heavy atom. The minimum absolute atomic E-state index is 0.0505. The fourth-order valence-corrected chi connectivity index (χ4v) is 2.96. The number of carboxylic acids is 1. The number of aliphatic carboxylic acids is 1. The van der Waals surface area contributed by atoms with Crippen molar-refractivity contribution in [2.75, 3.05) is 6.61 Å². The van der Waals surface area contributed by atoms with Gasteiger partial charge in [-0.1, -0.05) is 23.7 Å². The van der Waals surface area contributed by atoms with Gasteiger partial charge in [0.1, 0.15) is 5.75 Å². The highest BCUT2D eigenvalue weighted by atomic mass is 35.5. The highest BCUT2D eigenvalue weighted by Crippen LogP contribution is 2.30. The number of rotatable bonds is 7. The maximum atomic E-state index is 11.5. The predicted molar refractivity (Wildman–Crippen MR) is 101 cm³/mol. The van der Waals surface area contributed by atoms with Gasteiger partial charge in [0, 0.05) is 15.5 Å². The summed E-state index contributed by atoms with van der Waals surface area (Å²) in [5.74, 6) is -0.352. The lowest BCUT2D eigenvalue weighted by Crippen LogP contribution is -2.23. The maximum absolute atomic E-state index is 11.5. The molecule has 0 aliphatic carbocycles. The molecule has 27 heavy (non-hydrogen) atoms. The Balaban J connectivity index is 1.78. The van der Waals surface area contributed by atoms with E-state index in [1.807, 2.05) is 6.92 Å². The molecule has 0 saturated heterocycles. The minimum Gasteiger partial charge on any atom is -0.544 e. The van der Waals surface area contributed by atoms with Gasteiger partial charge >= 0.3 is 0 Å². The van der Waals surface area contributed by atoms with Gasteiger partial charge < -0.3 is 19.1 Å². The monoisotopic (exact) mass is 401 g/mol. The Morgan fingerprint density at radius 3 is 2.52 bits per heavy atom. The molecule has 0 radical (unpaired) electrons. The fourth-order valence-electron chi connectivity index (χ4n) is 2.16. The van der Waals surface area contributed by atoms with Crippen molar-refractivity contribution in [1.82, 2.24) is 10.2 Å². The number of aromatic nitrogens is 2. The van der Waals surface area contributed by atoms with Crippen molar-refractivity contribution in [1.29, 1.82) is 0 Å². The molecule has 1 heterocycles. The zero-order chi connectivity index (χ0) is 19.2. The number of carbonyl (C=O) groups excluding carboxylic acids is 1. The highest BCUT2D eigenvalue weighted by molar-refractivity contribution is 8.03. The molecule has 3 rings (SSSR count). The van der Waals surface area contributed by atoms with Crippen molar-refractivity contribution < 1.29 is 19.1 Å². The van der Waals surface area contributed by atoms with E-state index in [0.717, 1.165) is 11.8 Å². The summed E-state index contributed by atoms with van der Waals surface area (Å²) in [6.07, 6.45) is 1.47. The molecule has 138 valence electrons. The van der Waals surface area contributed by atoms with Crippen LogP contribution in [-0.2, 0) is 4.79 Å². The zero-order valence-electron chi connectivity index (χ0n) is 14.2. The van der Waals surface area contributed by atoms with Crippen LogP contribution in [0.3, 0.4) is 0 Å². The van der Waals surface area contributed by atoms with E-state index in [4.69, 9.17) is 20.8 Å². The highest BCUT2D eigenvalue weighted by Gasteiger charge is 2.12. The molecule has 3 aromatic rings. The summed E-state index contributed by atoms with van der Waals surface area (Å²) in [5.41, 5.74) is 1.37. The van der Waals surface area contributed by atoms with Crippen molar-refractivity contribution in [3.8, 4) is 17.2 Å². The second-order valence-corrected chi connectivity index (χ2v) is 6.71. The summed E-state index contributed by atoms with van der Waals surface area (Å²) in [5, 5.41) is 20.0. The third-order valence-corrected chi connectivity index (χ3v) is 4.48. The summed E-state index contributed by atoms with van der Waals surface area (Å²) < 4.78 is 10.9. The largest absolute Gasteiger partial charge is 0.544 e. The van der Waals surface area contributed by atoms with E-state index in [1.54, 1.807) is 48.5 Å². The van der Waals surface area contributed by atoms with Crippen molar-refractivity contribution in [3.05, 3.63) is 64.0 Å². The summed E-state index contributed by atoms with van der Waals surface area (Å²) in [6.45, 7) is 2.45. The fraction of sp³-hybridized carbons (Fsp3) is 0.105. The lowest BCUT2D eigenvalue weighted by atomic mass is 10.2. The Labute approximate surface area is 164 Å². The smallest absolute Gasteiger partial charge is 0.281 e. The third kappa shape index (κ3) is 5.12. The number of thioether (sulfide) groups is 1. The molecule has 0 bridgehead atoms. The van der Waals surface area contributed by atoms with E-state index < -0.39 is 5.97 Å². The van der Waals surface area contributed by atoms with Gasteiger partial charge in [-0.15, -0.1) is 10.2 Å². The number of carbonyl (C=O) groups is 1. The van der Waals surface area contributed by atoms with Gasteiger partial charge in [-0.3, -0.25) is 0 Å². The van der Waals surface area contributed by atoms with E-state index >= 15 is 0 Å². The van der Waals surface area contributed by atoms with Crippen LogP contribution < -0.4 is 9.84 Å². The topological polar surface area (TPSA) is 88.3 Å². The van der Waals surface area contributed by atoms with Crippen LogP contribution in [0.5, 0.6) is 5.75 Å². The Bertz CT molecular complexity index is 953. The second kappa shape index (κ2) is 8.75. The van der Waals surface area contributed by atoms with Gasteiger partial charge in [-0.05, 0) is 66.7 Å². The Kier molecular flexibility index (Phi) is 6.16. The summed E-state index contributed by atoms with van der Waals surface area (Å²) in [7, 11) is 0. The number of halogens is 1. The molecule has 0 unspecified atom stereocenters. The summed E-state index contributed by atoms with van der Waals surface area (Å²) >= 11 is 6.68. The quantitative estimate of drug-likeness (QED) is 0.440. The molecule has 0 spiro atoms. The van der Waals surface area contributed by atoms with Crippen LogP contribution in [0.4, 0.5) is 0 Å². The van der Waals surface area contributed by atoms with Crippen LogP contribution in [0.1, 0.15) is 12.5 Å². The first kappa shape index (κ1) is 19.0. The first-order valence-electron chi connectivity index (χ1n) is 7.98. The van der Waals surface area contributed by atoms with Crippen LogP contribution in [0, 0.1) is 0 Å². The van der Waals surface area contributed by atoms with Crippen molar-refractivity contribution in [2.45, 2.75) is 12.1 Å². The standard InChI is InChI=1S/C19H15ClN2O4S/c1-2-25-15-9-3-12(4-10-15)11-16(18(23)24)27-19-22-21-17(26-19)13-5-7-14(20)8-6-13/h3-11H,2H2,1H3,(H,23,24)/p-1/b16-11-. The zero-order valence-corrected chi connectivity index (χ0v) is 15.8. The van der Waals surface area contributed by atoms with Gasteiger partial charge in [0.15, 0.2) is 0 Å². The van der Waals surface area contributed by atoms with E-state index in [1.165, 1.54) is 6.08 Å². The number of nitrogens with zero attached hydrogens (tertiary/aromatic N) is 2. The molecule has 0 aliphatic rings. The molecule has 0 saturated carbocycles. The van der Waals surface area contributed by atoms with Crippen molar-refractivity contribution >= 4 is 35.4 Å². The molecule has 2 aromatic carbocycles. The van der Waals surface area contributed by atoms with Gasteiger partial charge in [-0.25, -0.2) is 0 Å². The summed E-state index contributed by atoms with van der Waals surface area (Å²) in [4.78, 5) is 11.4. The lowest BCUT2D eigenvalue weighted by Gasteiger charge is -2.06. The first-order valence-corrected chi connectivity index (χ1v) is 9.18. The number of ether oxygens (including phenoxy) is 1. The van der Waals surface area contributed by atoms with Crippen LogP contribution in [0.25, 0.3) is 17.5 Å². The number of benzene rings is 2. The van der Waals surface area contributed by atoms with Crippen molar-refractivity contribution in [3.63, 3.8) is 0 Å². The normalized spacial score (nSPS) is 11.4. The van der Waals surface area contributed by atoms with E-state index in [9.17, 15) is 9.90 Å². The third-order valence-electron chi connectivity index (χ3n) is 3.38. The Hall–Kier alpha value is -2.77. The van der Waals surface area contributed by atoms with Crippen LogP contribution in [-0.4, -0.2) is 22.8 Å². The molecule has 0 aliphatic heterocycles. The molecule has 0 amide bonds. The Morgan fingerprint density at radius 1 is 1.19 bits per heavy atom. The second-order valence-electron chi connectivity index (χ2n) is 5.28. The van der Waals surface area contributed by atoms with E-state index in [-0.39, 0.29) is 16.0 Å². The van der Waals surface area contributed by atoms with Crippen molar-refractivity contribution in [2.24, 2.45) is 0 Å². The van der Waals surface area contributed by atoms with Gasteiger partial charge in [-0.2, -0.15) is 0 Å². The van der Waals surface area contributed by atoms with E-state index in [2.05, 4.69) is 10.2 Å². The molecule has 1 aromatic heterocycles. The first-order chi connectivity index (χ1) is 13.0. The molecule has 0 N–H and O–H groups in total. The summed E-state index contributed by atoms with van der Waals surface area (Å²) in [6, 6.07) is 13.9.